The predicted octanol–water partition coefficient (Wildman–Crippen LogP) is 1.96. The molecule has 0 spiro atoms. The fourth-order valence-corrected chi connectivity index (χ4v) is 1.24. The van der Waals surface area contributed by atoms with Crippen molar-refractivity contribution < 1.29 is 17.9 Å². The second-order valence-corrected chi connectivity index (χ2v) is 4.32. The second-order valence-electron chi connectivity index (χ2n) is 4.32. The summed E-state index contributed by atoms with van der Waals surface area (Å²) in [5.74, 6) is 0.365. The molecule has 21 heavy (non-hydrogen) atoms. The zero-order valence-electron chi connectivity index (χ0n) is 11.6. The van der Waals surface area contributed by atoms with Gasteiger partial charge in [-0.1, -0.05) is 12.2 Å². The normalized spacial score (nSPS) is 12.1. The van der Waals surface area contributed by atoms with E-state index in [-0.39, 0.29) is 18.4 Å². The summed E-state index contributed by atoms with van der Waals surface area (Å²) >= 11 is 0. The lowest BCUT2D eigenvalue weighted by Crippen LogP contribution is -2.34. The largest absolute Gasteiger partial charge is 0.476 e. The standard InChI is InChI=1S/C13H17F3N4O/c1-9(2)7-20-12(17)18-5-6-21-11-4-3-10(8-19-11)13(14,15)16/h3-4,8H,1,5-7H2,2H3,(H3,17,18,20). The number of nitrogens with two attached hydrogens (primary N) is 1. The summed E-state index contributed by atoms with van der Waals surface area (Å²) in [5, 5.41) is 2.80. The van der Waals surface area contributed by atoms with Crippen LogP contribution in [0.4, 0.5) is 13.2 Å². The van der Waals surface area contributed by atoms with Crippen LogP contribution in [0.3, 0.4) is 0 Å². The van der Waals surface area contributed by atoms with Gasteiger partial charge in [-0.25, -0.2) is 9.98 Å². The van der Waals surface area contributed by atoms with Gasteiger partial charge in [-0.3, -0.25) is 0 Å². The van der Waals surface area contributed by atoms with Crippen molar-refractivity contribution in [2.24, 2.45) is 10.7 Å². The molecule has 0 saturated carbocycles. The molecule has 0 aromatic carbocycles. The average molecular weight is 302 g/mol. The molecule has 1 rings (SSSR count). The molecule has 0 atom stereocenters. The maximum Gasteiger partial charge on any atom is 0.417 e. The molecule has 116 valence electrons. The Bertz CT molecular complexity index is 497. The number of hydrogen-bond donors (Lipinski definition) is 2. The first-order valence-corrected chi connectivity index (χ1v) is 6.13. The van der Waals surface area contributed by atoms with Crippen molar-refractivity contribution >= 4 is 5.96 Å². The predicted molar refractivity (Wildman–Crippen MR) is 74.0 cm³/mol. The SMILES string of the molecule is C=C(C)CN=C(N)NCCOc1ccc(C(F)(F)F)cn1. The van der Waals surface area contributed by atoms with Crippen LogP contribution in [0, 0.1) is 0 Å². The molecule has 0 aliphatic rings. The number of nitrogens with one attached hydrogen (secondary N) is 1. The lowest BCUT2D eigenvalue weighted by atomic mass is 10.3. The van der Waals surface area contributed by atoms with Crippen LogP contribution in [0.5, 0.6) is 5.88 Å². The highest BCUT2D eigenvalue weighted by molar-refractivity contribution is 5.77. The van der Waals surface area contributed by atoms with Crippen LogP contribution in [0.2, 0.25) is 0 Å². The van der Waals surface area contributed by atoms with Gasteiger partial charge in [0, 0.05) is 12.3 Å². The first kappa shape index (κ1) is 16.8. The number of aromatic nitrogens is 1. The third-order valence-corrected chi connectivity index (χ3v) is 2.24. The van der Waals surface area contributed by atoms with Crippen molar-refractivity contribution in [3.63, 3.8) is 0 Å². The van der Waals surface area contributed by atoms with Crippen molar-refractivity contribution in [3.8, 4) is 5.88 Å². The van der Waals surface area contributed by atoms with Crippen LogP contribution in [0.15, 0.2) is 35.5 Å². The first-order chi connectivity index (χ1) is 9.79. The van der Waals surface area contributed by atoms with Crippen molar-refractivity contribution in [2.75, 3.05) is 19.7 Å². The molecule has 0 radical (unpaired) electrons. The van der Waals surface area contributed by atoms with Crippen molar-refractivity contribution in [1.82, 2.24) is 10.3 Å². The van der Waals surface area contributed by atoms with Gasteiger partial charge in [-0.2, -0.15) is 13.2 Å². The molecular formula is C13H17F3N4O. The van der Waals surface area contributed by atoms with E-state index in [0.29, 0.717) is 13.1 Å². The smallest absolute Gasteiger partial charge is 0.417 e. The van der Waals surface area contributed by atoms with Crippen LogP contribution in [-0.2, 0) is 6.18 Å². The van der Waals surface area contributed by atoms with E-state index in [0.717, 1.165) is 17.8 Å². The second kappa shape index (κ2) is 7.51. The molecule has 3 N–H and O–H groups in total. The van der Waals surface area contributed by atoms with Gasteiger partial charge in [-0.15, -0.1) is 0 Å². The Morgan fingerprint density at radius 1 is 1.48 bits per heavy atom. The van der Waals surface area contributed by atoms with Gasteiger partial charge in [0.25, 0.3) is 0 Å². The maximum absolute atomic E-state index is 12.3. The molecular weight excluding hydrogens is 285 g/mol. The van der Waals surface area contributed by atoms with Gasteiger partial charge < -0.3 is 15.8 Å². The Labute approximate surface area is 120 Å². The van der Waals surface area contributed by atoms with Crippen molar-refractivity contribution in [2.45, 2.75) is 13.1 Å². The van der Waals surface area contributed by atoms with Gasteiger partial charge in [0.1, 0.15) is 6.61 Å². The minimum Gasteiger partial charge on any atom is -0.476 e. The summed E-state index contributed by atoms with van der Waals surface area (Å²) in [6.07, 6.45) is -3.67. The van der Waals surface area contributed by atoms with E-state index in [2.05, 4.69) is 21.9 Å². The third-order valence-electron chi connectivity index (χ3n) is 2.24. The highest BCUT2D eigenvalue weighted by Gasteiger charge is 2.30. The van der Waals surface area contributed by atoms with Crippen molar-refractivity contribution in [3.05, 3.63) is 36.0 Å². The monoisotopic (exact) mass is 302 g/mol. The van der Waals surface area contributed by atoms with E-state index < -0.39 is 11.7 Å². The fraction of sp³-hybridized carbons (Fsp3) is 0.385. The molecule has 0 aliphatic carbocycles. The summed E-state index contributed by atoms with van der Waals surface area (Å²) in [7, 11) is 0. The Morgan fingerprint density at radius 2 is 2.19 bits per heavy atom. The number of rotatable bonds is 6. The average Bonchev–Trinajstić information content (AvgIpc) is 2.41. The number of alkyl halides is 3. The van der Waals surface area contributed by atoms with E-state index in [1.807, 2.05) is 6.92 Å². The first-order valence-electron chi connectivity index (χ1n) is 6.13. The molecule has 5 nitrogen and oxygen atoms in total. The summed E-state index contributed by atoms with van der Waals surface area (Å²) in [6.45, 7) is 6.50. The quantitative estimate of drug-likeness (QED) is 0.365. The summed E-state index contributed by atoms with van der Waals surface area (Å²) < 4.78 is 42.1. The van der Waals surface area contributed by atoms with E-state index in [4.69, 9.17) is 10.5 Å². The number of aliphatic imine (C=N–C) groups is 1. The minimum absolute atomic E-state index is 0.113. The van der Waals surface area contributed by atoms with E-state index in [1.165, 1.54) is 6.07 Å². The highest BCUT2D eigenvalue weighted by atomic mass is 19.4. The molecule has 0 fully saturated rings. The number of pyridine rings is 1. The van der Waals surface area contributed by atoms with Gasteiger partial charge >= 0.3 is 6.18 Å². The van der Waals surface area contributed by atoms with Crippen LogP contribution in [0.1, 0.15) is 12.5 Å². The maximum atomic E-state index is 12.3. The molecule has 1 heterocycles. The van der Waals surface area contributed by atoms with E-state index >= 15 is 0 Å². The zero-order chi connectivity index (χ0) is 15.9. The molecule has 8 heteroatoms. The molecule has 0 aliphatic heterocycles. The Balaban J connectivity index is 2.33. The molecule has 1 aromatic heterocycles. The fourth-order valence-electron chi connectivity index (χ4n) is 1.24. The lowest BCUT2D eigenvalue weighted by Gasteiger charge is -2.09. The summed E-state index contributed by atoms with van der Waals surface area (Å²) in [6, 6.07) is 2.08. The minimum atomic E-state index is -4.40. The van der Waals surface area contributed by atoms with Crippen LogP contribution >= 0.6 is 0 Å². The van der Waals surface area contributed by atoms with Crippen LogP contribution < -0.4 is 15.8 Å². The zero-order valence-corrected chi connectivity index (χ0v) is 11.6. The number of ether oxygens (including phenoxy) is 1. The number of hydrogen-bond acceptors (Lipinski definition) is 3. The van der Waals surface area contributed by atoms with E-state index in [1.54, 1.807) is 0 Å². The topological polar surface area (TPSA) is 72.5 Å². The summed E-state index contributed by atoms with van der Waals surface area (Å²) in [5.41, 5.74) is 5.63. The molecule has 1 aromatic rings. The molecule has 0 unspecified atom stereocenters. The van der Waals surface area contributed by atoms with Crippen molar-refractivity contribution in [1.29, 1.82) is 0 Å². The lowest BCUT2D eigenvalue weighted by molar-refractivity contribution is -0.137. The Kier molecular flexibility index (Phi) is 6.01. The third kappa shape index (κ3) is 6.64. The Morgan fingerprint density at radius 3 is 2.71 bits per heavy atom. The number of nitrogens with zero attached hydrogens (tertiary/aromatic N) is 2. The van der Waals surface area contributed by atoms with E-state index in [9.17, 15) is 13.2 Å². The number of halogens is 3. The molecule has 0 saturated heterocycles. The molecule has 0 bridgehead atoms. The highest BCUT2D eigenvalue weighted by Crippen LogP contribution is 2.29. The van der Waals surface area contributed by atoms with Gasteiger partial charge in [0.15, 0.2) is 5.96 Å². The van der Waals surface area contributed by atoms with Gasteiger partial charge in [0.05, 0.1) is 18.7 Å². The number of guanidine groups is 1. The molecule has 0 amide bonds. The van der Waals surface area contributed by atoms with Crippen LogP contribution in [0.25, 0.3) is 0 Å². The Hall–Kier alpha value is -2.25. The van der Waals surface area contributed by atoms with Gasteiger partial charge in [0.2, 0.25) is 5.88 Å². The van der Waals surface area contributed by atoms with Gasteiger partial charge in [-0.05, 0) is 13.0 Å². The summed E-state index contributed by atoms with van der Waals surface area (Å²) in [4.78, 5) is 7.57. The van der Waals surface area contributed by atoms with Crippen LogP contribution in [-0.4, -0.2) is 30.6 Å².